The summed E-state index contributed by atoms with van der Waals surface area (Å²) in [6, 6.07) is -0.168. The zero-order chi connectivity index (χ0) is 11.0. The number of nitrogens with one attached hydrogen (secondary N) is 1. The van der Waals surface area contributed by atoms with Gasteiger partial charge in [0.2, 0.25) is 0 Å². The van der Waals surface area contributed by atoms with Crippen LogP contribution >= 0.6 is 0 Å². The van der Waals surface area contributed by atoms with Crippen LogP contribution in [0, 0.1) is 0 Å². The minimum absolute atomic E-state index is 0.168. The van der Waals surface area contributed by atoms with Gasteiger partial charge in [0.15, 0.2) is 5.79 Å². The molecule has 3 aliphatic rings. The van der Waals surface area contributed by atoms with Crippen molar-refractivity contribution < 1.29 is 14.3 Å². The molecule has 86 valence electrons. The maximum Gasteiger partial charge on any atom is 0.172 e. The van der Waals surface area contributed by atoms with E-state index in [4.69, 9.17) is 9.47 Å². The SMILES string of the molecule is O=CC1C=CC2=C(CCC3(C2)OCCO3)N1. The van der Waals surface area contributed by atoms with Gasteiger partial charge in [-0.1, -0.05) is 12.2 Å². The van der Waals surface area contributed by atoms with Crippen LogP contribution in [0.15, 0.2) is 23.4 Å². The molecule has 4 heteroatoms. The number of carbonyl (C=O) groups excluding carboxylic acids is 1. The maximum absolute atomic E-state index is 10.7. The summed E-state index contributed by atoms with van der Waals surface area (Å²) < 4.78 is 11.4. The third-order valence-electron chi connectivity index (χ3n) is 3.41. The number of carbonyl (C=O) groups is 1. The van der Waals surface area contributed by atoms with E-state index in [1.165, 1.54) is 11.3 Å². The van der Waals surface area contributed by atoms with Crippen molar-refractivity contribution in [2.24, 2.45) is 0 Å². The van der Waals surface area contributed by atoms with Gasteiger partial charge in [-0.15, -0.1) is 0 Å². The van der Waals surface area contributed by atoms with Gasteiger partial charge in [0.25, 0.3) is 0 Å². The molecule has 0 amide bonds. The molecule has 1 spiro atoms. The summed E-state index contributed by atoms with van der Waals surface area (Å²) in [7, 11) is 0. The Morgan fingerprint density at radius 1 is 1.44 bits per heavy atom. The zero-order valence-electron chi connectivity index (χ0n) is 9.07. The first-order valence-electron chi connectivity index (χ1n) is 5.71. The van der Waals surface area contributed by atoms with Crippen LogP contribution in [0.25, 0.3) is 0 Å². The Bertz CT molecular complexity index is 366. The van der Waals surface area contributed by atoms with E-state index in [0.717, 1.165) is 25.5 Å². The molecule has 3 rings (SSSR count). The Morgan fingerprint density at radius 2 is 2.25 bits per heavy atom. The largest absolute Gasteiger partial charge is 0.375 e. The Kier molecular flexibility index (Phi) is 2.33. The van der Waals surface area contributed by atoms with Gasteiger partial charge < -0.3 is 19.6 Å². The summed E-state index contributed by atoms with van der Waals surface area (Å²) in [4.78, 5) is 10.7. The molecule has 1 unspecified atom stereocenters. The monoisotopic (exact) mass is 221 g/mol. The van der Waals surface area contributed by atoms with Crippen molar-refractivity contribution in [1.82, 2.24) is 5.32 Å². The van der Waals surface area contributed by atoms with Crippen molar-refractivity contribution in [3.05, 3.63) is 23.4 Å². The number of ether oxygens (including phenoxy) is 2. The first-order chi connectivity index (χ1) is 7.81. The fraction of sp³-hybridized carbons (Fsp3) is 0.583. The number of aldehydes is 1. The highest BCUT2D eigenvalue weighted by Gasteiger charge is 2.40. The lowest BCUT2D eigenvalue weighted by molar-refractivity contribution is -0.163. The highest BCUT2D eigenvalue weighted by molar-refractivity contribution is 5.63. The first kappa shape index (κ1) is 10.1. The second kappa shape index (κ2) is 3.71. The maximum atomic E-state index is 10.7. The molecule has 0 radical (unpaired) electrons. The molecule has 1 atom stereocenters. The Hall–Kier alpha value is -1.13. The minimum atomic E-state index is -0.390. The summed E-state index contributed by atoms with van der Waals surface area (Å²) in [5.41, 5.74) is 2.38. The van der Waals surface area contributed by atoms with E-state index in [1.807, 2.05) is 12.2 Å². The number of dihydropyridines is 1. The highest BCUT2D eigenvalue weighted by Crippen LogP contribution is 2.39. The first-order valence-corrected chi connectivity index (χ1v) is 5.71. The molecule has 0 saturated carbocycles. The molecule has 1 saturated heterocycles. The molecule has 1 N–H and O–H groups in total. The molecule has 2 heterocycles. The van der Waals surface area contributed by atoms with E-state index in [0.29, 0.717) is 13.2 Å². The van der Waals surface area contributed by atoms with Crippen LogP contribution in [-0.2, 0) is 14.3 Å². The van der Waals surface area contributed by atoms with Crippen molar-refractivity contribution in [3.8, 4) is 0 Å². The summed E-state index contributed by atoms with van der Waals surface area (Å²) in [5, 5.41) is 3.23. The molecule has 0 bridgehead atoms. The van der Waals surface area contributed by atoms with Gasteiger partial charge in [0, 0.05) is 18.5 Å². The lowest BCUT2D eigenvalue weighted by atomic mass is 9.88. The molecular formula is C12H15NO3. The summed E-state index contributed by atoms with van der Waals surface area (Å²) in [6.45, 7) is 1.38. The Morgan fingerprint density at radius 3 is 3.00 bits per heavy atom. The second-order valence-electron chi connectivity index (χ2n) is 4.45. The van der Waals surface area contributed by atoms with Crippen molar-refractivity contribution in [3.63, 3.8) is 0 Å². The van der Waals surface area contributed by atoms with Crippen molar-refractivity contribution in [2.45, 2.75) is 31.1 Å². The molecule has 0 aromatic rings. The van der Waals surface area contributed by atoms with E-state index in [2.05, 4.69) is 5.32 Å². The molecule has 1 aliphatic carbocycles. The third-order valence-corrected chi connectivity index (χ3v) is 3.41. The quantitative estimate of drug-likeness (QED) is 0.668. The van der Waals surface area contributed by atoms with Crippen LogP contribution in [0.3, 0.4) is 0 Å². The van der Waals surface area contributed by atoms with Gasteiger partial charge >= 0.3 is 0 Å². The fourth-order valence-electron chi connectivity index (χ4n) is 2.58. The zero-order valence-corrected chi connectivity index (χ0v) is 9.07. The van der Waals surface area contributed by atoms with Crippen LogP contribution in [-0.4, -0.2) is 31.3 Å². The number of allylic oxidation sites excluding steroid dienone is 2. The topological polar surface area (TPSA) is 47.6 Å². The van der Waals surface area contributed by atoms with Crippen molar-refractivity contribution in [1.29, 1.82) is 0 Å². The second-order valence-corrected chi connectivity index (χ2v) is 4.45. The van der Waals surface area contributed by atoms with Gasteiger partial charge in [-0.2, -0.15) is 0 Å². The summed E-state index contributed by atoms with van der Waals surface area (Å²) in [5.74, 6) is -0.390. The van der Waals surface area contributed by atoms with Crippen molar-refractivity contribution in [2.75, 3.05) is 13.2 Å². The van der Waals surface area contributed by atoms with Crippen LogP contribution in [0.4, 0.5) is 0 Å². The Balaban J connectivity index is 1.80. The van der Waals surface area contributed by atoms with E-state index in [-0.39, 0.29) is 6.04 Å². The minimum Gasteiger partial charge on any atom is -0.375 e. The predicted octanol–water partition coefficient (Wildman–Crippen LogP) is 0.894. The van der Waals surface area contributed by atoms with E-state index in [9.17, 15) is 4.79 Å². The molecule has 0 aromatic heterocycles. The summed E-state index contributed by atoms with van der Waals surface area (Å²) >= 11 is 0. The third kappa shape index (κ3) is 1.58. The average Bonchev–Trinajstić information content (AvgIpc) is 2.77. The number of hydrogen-bond acceptors (Lipinski definition) is 4. The standard InChI is InChI=1S/C12H15NO3/c14-8-10-2-1-9-7-12(15-5-6-16-12)4-3-11(9)13-10/h1-2,8,10,13H,3-7H2. The predicted molar refractivity (Wildman–Crippen MR) is 57.6 cm³/mol. The summed E-state index contributed by atoms with van der Waals surface area (Å²) in [6.07, 6.45) is 7.39. The van der Waals surface area contributed by atoms with Gasteiger partial charge in [-0.05, 0) is 12.0 Å². The molecule has 16 heavy (non-hydrogen) atoms. The van der Waals surface area contributed by atoms with Gasteiger partial charge in [-0.3, -0.25) is 0 Å². The Labute approximate surface area is 94.3 Å². The van der Waals surface area contributed by atoms with E-state index < -0.39 is 5.79 Å². The van der Waals surface area contributed by atoms with E-state index >= 15 is 0 Å². The fourth-order valence-corrected chi connectivity index (χ4v) is 2.58. The van der Waals surface area contributed by atoms with Gasteiger partial charge in [-0.25, -0.2) is 0 Å². The van der Waals surface area contributed by atoms with Crippen LogP contribution in [0.5, 0.6) is 0 Å². The van der Waals surface area contributed by atoms with Gasteiger partial charge in [0.1, 0.15) is 12.3 Å². The number of hydrogen-bond donors (Lipinski definition) is 1. The lowest BCUT2D eigenvalue weighted by Gasteiger charge is -2.35. The van der Waals surface area contributed by atoms with Crippen LogP contribution < -0.4 is 5.32 Å². The van der Waals surface area contributed by atoms with E-state index in [1.54, 1.807) is 0 Å². The van der Waals surface area contributed by atoms with Crippen molar-refractivity contribution >= 4 is 6.29 Å². The molecule has 2 aliphatic heterocycles. The lowest BCUT2D eigenvalue weighted by Crippen LogP contribution is -2.39. The number of rotatable bonds is 1. The average molecular weight is 221 g/mol. The molecule has 4 nitrogen and oxygen atoms in total. The van der Waals surface area contributed by atoms with Gasteiger partial charge in [0.05, 0.1) is 13.2 Å². The highest BCUT2D eigenvalue weighted by atomic mass is 16.7. The molecule has 1 fully saturated rings. The van der Waals surface area contributed by atoms with Crippen LogP contribution in [0.2, 0.25) is 0 Å². The normalized spacial score (nSPS) is 31.4. The van der Waals surface area contributed by atoms with Crippen LogP contribution in [0.1, 0.15) is 19.3 Å². The molecular weight excluding hydrogens is 206 g/mol. The smallest absolute Gasteiger partial charge is 0.172 e. The molecule has 0 aromatic carbocycles.